The van der Waals surface area contributed by atoms with Gasteiger partial charge in [-0.3, -0.25) is 4.79 Å². The molecule has 0 aliphatic heterocycles. The zero-order valence-corrected chi connectivity index (χ0v) is 18.5. The predicted molar refractivity (Wildman–Crippen MR) is 118 cm³/mol. The lowest BCUT2D eigenvalue weighted by Gasteiger charge is -2.09. The molecule has 0 unspecified atom stereocenters. The van der Waals surface area contributed by atoms with E-state index in [4.69, 9.17) is 20.9 Å². The summed E-state index contributed by atoms with van der Waals surface area (Å²) in [6, 6.07) is 9.92. The summed E-state index contributed by atoms with van der Waals surface area (Å²) in [6.07, 6.45) is 0. The Balaban J connectivity index is 1.54. The summed E-state index contributed by atoms with van der Waals surface area (Å²) in [5, 5.41) is 7.58. The highest BCUT2D eigenvalue weighted by molar-refractivity contribution is 6.31. The first-order valence-corrected chi connectivity index (χ1v) is 10.2. The van der Waals surface area contributed by atoms with Gasteiger partial charge in [-0.15, -0.1) is 0 Å². The van der Waals surface area contributed by atoms with E-state index in [1.54, 1.807) is 6.92 Å². The third kappa shape index (κ3) is 4.55. The van der Waals surface area contributed by atoms with Crippen LogP contribution in [0.3, 0.4) is 0 Å². The van der Waals surface area contributed by atoms with Crippen molar-refractivity contribution in [3.63, 3.8) is 0 Å². The number of hydrogen-bond donors (Lipinski definition) is 1. The SMILES string of the molecule is Cc1nc(OCC(=O)NCc2ccc(F)cc2Cl)c2c(-c3ccc(C)c(C)c3)noc2n1. The van der Waals surface area contributed by atoms with E-state index in [9.17, 15) is 9.18 Å². The Labute approximate surface area is 188 Å². The van der Waals surface area contributed by atoms with Gasteiger partial charge in [-0.1, -0.05) is 35.0 Å². The normalized spacial score (nSPS) is 11.0. The molecule has 4 aromatic rings. The second kappa shape index (κ2) is 8.92. The van der Waals surface area contributed by atoms with E-state index < -0.39 is 5.82 Å². The largest absolute Gasteiger partial charge is 0.467 e. The molecule has 0 radical (unpaired) electrons. The lowest BCUT2D eigenvalue weighted by molar-refractivity contribution is -0.123. The number of fused-ring (bicyclic) bond motifs is 1. The van der Waals surface area contributed by atoms with E-state index in [1.165, 1.54) is 18.2 Å². The smallest absolute Gasteiger partial charge is 0.265 e. The van der Waals surface area contributed by atoms with Crippen LogP contribution in [0, 0.1) is 26.6 Å². The topological polar surface area (TPSA) is 90.1 Å². The van der Waals surface area contributed by atoms with Gasteiger partial charge < -0.3 is 14.6 Å². The second-order valence-corrected chi connectivity index (χ2v) is 7.79. The fourth-order valence-electron chi connectivity index (χ4n) is 3.16. The van der Waals surface area contributed by atoms with Gasteiger partial charge in [-0.25, -0.2) is 4.39 Å². The van der Waals surface area contributed by atoms with E-state index in [2.05, 4.69) is 20.4 Å². The minimum absolute atomic E-state index is 0.140. The summed E-state index contributed by atoms with van der Waals surface area (Å²) in [5.41, 5.74) is 4.50. The lowest BCUT2D eigenvalue weighted by atomic mass is 10.0. The second-order valence-electron chi connectivity index (χ2n) is 7.39. The van der Waals surface area contributed by atoms with Crippen LogP contribution >= 0.6 is 11.6 Å². The maximum absolute atomic E-state index is 13.2. The van der Waals surface area contributed by atoms with Crippen molar-refractivity contribution in [2.24, 2.45) is 0 Å². The zero-order valence-electron chi connectivity index (χ0n) is 17.7. The molecule has 0 bridgehead atoms. The number of aromatic nitrogens is 3. The van der Waals surface area contributed by atoms with Crippen molar-refractivity contribution in [3.8, 4) is 17.1 Å². The molecule has 1 amide bonds. The van der Waals surface area contributed by atoms with Crippen molar-refractivity contribution in [3.05, 3.63) is 69.8 Å². The van der Waals surface area contributed by atoms with Crippen molar-refractivity contribution >= 4 is 28.6 Å². The third-order valence-corrected chi connectivity index (χ3v) is 5.38. The maximum atomic E-state index is 13.2. The molecule has 0 aliphatic rings. The van der Waals surface area contributed by atoms with Crippen LogP contribution in [0.4, 0.5) is 4.39 Å². The monoisotopic (exact) mass is 454 g/mol. The number of halogens is 2. The van der Waals surface area contributed by atoms with Gasteiger partial charge in [-0.2, -0.15) is 9.97 Å². The van der Waals surface area contributed by atoms with Crippen LogP contribution in [0.25, 0.3) is 22.4 Å². The van der Waals surface area contributed by atoms with Gasteiger partial charge >= 0.3 is 0 Å². The molecule has 0 spiro atoms. The van der Waals surface area contributed by atoms with Gasteiger partial charge in [0.25, 0.3) is 11.6 Å². The Kier molecular flexibility index (Phi) is 6.05. The van der Waals surface area contributed by atoms with Gasteiger partial charge in [0.05, 0.1) is 0 Å². The first kappa shape index (κ1) is 21.7. The maximum Gasteiger partial charge on any atom is 0.265 e. The highest BCUT2D eigenvalue weighted by Crippen LogP contribution is 2.33. The molecule has 2 heterocycles. The number of ether oxygens (including phenoxy) is 1. The van der Waals surface area contributed by atoms with Crippen LogP contribution in [0.15, 0.2) is 40.9 Å². The summed E-state index contributed by atoms with van der Waals surface area (Å²) in [7, 11) is 0. The minimum atomic E-state index is -0.440. The molecule has 2 aromatic carbocycles. The summed E-state index contributed by atoms with van der Waals surface area (Å²) >= 11 is 6.00. The van der Waals surface area contributed by atoms with Gasteiger partial charge in [0.1, 0.15) is 22.7 Å². The van der Waals surface area contributed by atoms with E-state index in [-0.39, 0.29) is 35.7 Å². The van der Waals surface area contributed by atoms with Gasteiger partial charge in [0, 0.05) is 17.1 Å². The fourth-order valence-corrected chi connectivity index (χ4v) is 3.39. The molecule has 2 aromatic heterocycles. The molecule has 0 saturated heterocycles. The summed E-state index contributed by atoms with van der Waals surface area (Å²) < 4.78 is 24.3. The summed E-state index contributed by atoms with van der Waals surface area (Å²) in [4.78, 5) is 20.9. The van der Waals surface area contributed by atoms with Crippen LogP contribution in [0.5, 0.6) is 5.88 Å². The third-order valence-electron chi connectivity index (χ3n) is 5.03. The Morgan fingerprint density at radius 2 is 1.94 bits per heavy atom. The number of nitrogens with one attached hydrogen (secondary N) is 1. The predicted octanol–water partition coefficient (Wildman–Crippen LogP) is 4.70. The van der Waals surface area contributed by atoms with Crippen molar-refractivity contribution in [1.82, 2.24) is 20.4 Å². The Morgan fingerprint density at radius 3 is 2.69 bits per heavy atom. The van der Waals surface area contributed by atoms with Crippen LogP contribution in [-0.2, 0) is 11.3 Å². The molecule has 164 valence electrons. The van der Waals surface area contributed by atoms with Crippen LogP contribution in [0.2, 0.25) is 5.02 Å². The minimum Gasteiger partial charge on any atom is -0.467 e. The number of rotatable bonds is 6. The molecule has 32 heavy (non-hydrogen) atoms. The average Bonchev–Trinajstić information content (AvgIpc) is 3.17. The van der Waals surface area contributed by atoms with Crippen molar-refractivity contribution in [2.45, 2.75) is 27.3 Å². The van der Waals surface area contributed by atoms with Gasteiger partial charge in [-0.05, 0) is 55.7 Å². The molecule has 9 heteroatoms. The highest BCUT2D eigenvalue weighted by atomic mass is 35.5. The molecular weight excluding hydrogens is 435 g/mol. The Hall–Kier alpha value is -3.52. The molecule has 0 atom stereocenters. The number of hydrogen-bond acceptors (Lipinski definition) is 6. The fraction of sp³-hybridized carbons (Fsp3) is 0.217. The van der Waals surface area contributed by atoms with Crippen LogP contribution < -0.4 is 10.1 Å². The van der Waals surface area contributed by atoms with Crippen molar-refractivity contribution in [2.75, 3.05) is 6.61 Å². The van der Waals surface area contributed by atoms with E-state index in [0.717, 1.165) is 16.7 Å². The van der Waals surface area contributed by atoms with Gasteiger partial charge in [0.2, 0.25) is 5.88 Å². The molecule has 0 aliphatic carbocycles. The first-order valence-electron chi connectivity index (χ1n) is 9.87. The molecular formula is C23H20ClFN4O3. The number of aryl methyl sites for hydroxylation is 3. The summed E-state index contributed by atoms with van der Waals surface area (Å²) in [5.74, 6) is -0.199. The highest BCUT2D eigenvalue weighted by Gasteiger charge is 2.20. The number of carbonyl (C=O) groups is 1. The van der Waals surface area contributed by atoms with Crippen molar-refractivity contribution in [1.29, 1.82) is 0 Å². The standard InChI is InChI=1S/C23H20ClFN4O3/c1-12-4-5-15(8-13(12)2)21-20-22(27-14(3)28-23(20)32-29-21)31-11-19(30)26-10-16-6-7-17(25)9-18(16)24/h4-9H,10-11H2,1-3H3,(H,26,30). The van der Waals surface area contributed by atoms with Crippen LogP contribution in [-0.4, -0.2) is 27.6 Å². The van der Waals surface area contributed by atoms with Gasteiger partial charge in [0.15, 0.2) is 6.61 Å². The molecule has 0 saturated carbocycles. The van der Waals surface area contributed by atoms with E-state index in [0.29, 0.717) is 22.5 Å². The Morgan fingerprint density at radius 1 is 1.12 bits per heavy atom. The number of nitrogens with zero attached hydrogens (tertiary/aromatic N) is 3. The molecule has 0 fully saturated rings. The number of benzene rings is 2. The summed E-state index contributed by atoms with van der Waals surface area (Å²) in [6.45, 7) is 5.58. The Bertz CT molecular complexity index is 1320. The van der Waals surface area contributed by atoms with Crippen molar-refractivity contribution < 1.29 is 18.4 Å². The quantitative estimate of drug-likeness (QED) is 0.454. The van der Waals surface area contributed by atoms with E-state index in [1.807, 2.05) is 32.0 Å². The molecule has 1 N–H and O–H groups in total. The number of amides is 1. The zero-order chi connectivity index (χ0) is 22.8. The molecule has 7 nitrogen and oxygen atoms in total. The number of carbonyl (C=O) groups excluding carboxylic acids is 1. The lowest BCUT2D eigenvalue weighted by Crippen LogP contribution is -2.28. The van der Waals surface area contributed by atoms with E-state index >= 15 is 0 Å². The molecule has 4 rings (SSSR count). The average molecular weight is 455 g/mol. The van der Waals surface area contributed by atoms with Crippen LogP contribution in [0.1, 0.15) is 22.5 Å². The first-order chi connectivity index (χ1) is 15.3.